The van der Waals surface area contributed by atoms with Gasteiger partial charge >= 0.3 is 5.69 Å². The van der Waals surface area contributed by atoms with Crippen LogP contribution in [0.4, 0.5) is 0 Å². The molecule has 1 N–H and O–H groups in total. The standard InChI is InChI=1S/C17H25N3O/c1-18-15(11-20-4-2-3-19-16(20)21)17-8-12-5-13(9-17)7-14(6-12)10-17/h2-4,12-15,18H,5-11H2,1H3. The van der Waals surface area contributed by atoms with Crippen molar-refractivity contribution in [2.24, 2.45) is 23.2 Å². The Morgan fingerprint density at radius 3 is 2.43 bits per heavy atom. The Bertz CT molecular complexity index is 544. The van der Waals surface area contributed by atoms with Gasteiger partial charge in [0.15, 0.2) is 0 Å². The number of nitrogens with one attached hydrogen (secondary N) is 1. The van der Waals surface area contributed by atoms with Crippen molar-refractivity contribution in [2.45, 2.75) is 51.1 Å². The van der Waals surface area contributed by atoms with Gasteiger partial charge in [0, 0.05) is 25.0 Å². The van der Waals surface area contributed by atoms with Crippen molar-refractivity contribution in [1.29, 1.82) is 0 Å². The van der Waals surface area contributed by atoms with Gasteiger partial charge in [-0.2, -0.15) is 0 Å². The number of nitrogens with zero attached hydrogens (tertiary/aromatic N) is 2. The fraction of sp³-hybridized carbons (Fsp3) is 0.765. The molecule has 4 aliphatic carbocycles. The van der Waals surface area contributed by atoms with Crippen LogP contribution in [0, 0.1) is 23.2 Å². The summed E-state index contributed by atoms with van der Waals surface area (Å²) in [6, 6.07) is 2.25. The summed E-state index contributed by atoms with van der Waals surface area (Å²) in [5, 5.41) is 3.55. The van der Waals surface area contributed by atoms with Crippen molar-refractivity contribution in [2.75, 3.05) is 7.05 Å². The van der Waals surface area contributed by atoms with Crippen LogP contribution < -0.4 is 11.0 Å². The molecule has 1 aromatic rings. The van der Waals surface area contributed by atoms with E-state index in [4.69, 9.17) is 0 Å². The van der Waals surface area contributed by atoms with E-state index in [-0.39, 0.29) is 5.69 Å². The molecule has 1 unspecified atom stereocenters. The van der Waals surface area contributed by atoms with E-state index in [0.29, 0.717) is 11.5 Å². The van der Waals surface area contributed by atoms with E-state index in [1.165, 1.54) is 38.5 Å². The Morgan fingerprint density at radius 2 is 1.90 bits per heavy atom. The summed E-state index contributed by atoms with van der Waals surface area (Å²) in [5.74, 6) is 2.83. The van der Waals surface area contributed by atoms with E-state index in [9.17, 15) is 4.79 Å². The fourth-order valence-corrected chi connectivity index (χ4v) is 5.92. The van der Waals surface area contributed by atoms with Crippen molar-refractivity contribution < 1.29 is 0 Å². The van der Waals surface area contributed by atoms with Crippen LogP contribution in [-0.4, -0.2) is 22.6 Å². The van der Waals surface area contributed by atoms with E-state index in [2.05, 4.69) is 17.3 Å². The molecule has 0 amide bonds. The summed E-state index contributed by atoms with van der Waals surface area (Å²) in [5.41, 5.74) is 0.293. The van der Waals surface area contributed by atoms with Crippen LogP contribution in [0.5, 0.6) is 0 Å². The van der Waals surface area contributed by atoms with E-state index in [1.807, 2.05) is 12.3 Å². The molecule has 4 bridgehead atoms. The summed E-state index contributed by atoms with van der Waals surface area (Å²) in [4.78, 5) is 15.8. The Morgan fingerprint density at radius 1 is 1.29 bits per heavy atom. The van der Waals surface area contributed by atoms with E-state index < -0.39 is 0 Å². The Hall–Kier alpha value is -1.16. The largest absolute Gasteiger partial charge is 0.347 e. The zero-order valence-corrected chi connectivity index (χ0v) is 12.8. The maximum Gasteiger partial charge on any atom is 0.347 e. The second-order valence-corrected chi connectivity index (χ2v) is 7.68. The first-order chi connectivity index (χ1) is 10.2. The predicted octanol–water partition coefficient (Wildman–Crippen LogP) is 2.05. The normalized spacial score (nSPS) is 38.6. The second kappa shape index (κ2) is 4.94. The third-order valence-corrected chi connectivity index (χ3v) is 6.34. The van der Waals surface area contributed by atoms with Crippen LogP contribution in [0.25, 0.3) is 0 Å². The summed E-state index contributed by atoms with van der Waals surface area (Å²) in [6.45, 7) is 0.759. The van der Waals surface area contributed by atoms with Crippen LogP contribution in [-0.2, 0) is 6.54 Å². The quantitative estimate of drug-likeness (QED) is 0.922. The number of aromatic nitrogens is 2. The summed E-state index contributed by atoms with van der Waals surface area (Å²) in [7, 11) is 2.06. The molecule has 4 fully saturated rings. The minimum absolute atomic E-state index is 0.123. The Labute approximate surface area is 126 Å². The van der Waals surface area contributed by atoms with Crippen molar-refractivity contribution in [1.82, 2.24) is 14.9 Å². The van der Waals surface area contributed by atoms with Gasteiger partial charge in [-0.05, 0) is 74.8 Å². The molecular weight excluding hydrogens is 262 g/mol. The van der Waals surface area contributed by atoms with Gasteiger partial charge < -0.3 is 5.32 Å². The minimum Gasteiger partial charge on any atom is -0.315 e. The number of likely N-dealkylation sites (N-methyl/N-ethyl adjacent to an activating group) is 1. The molecule has 1 heterocycles. The molecule has 0 spiro atoms. The Kier molecular flexibility index (Phi) is 3.18. The molecule has 0 aromatic carbocycles. The molecule has 4 nitrogen and oxygen atoms in total. The minimum atomic E-state index is -0.123. The highest BCUT2D eigenvalue weighted by molar-refractivity contribution is 5.06. The van der Waals surface area contributed by atoms with Gasteiger partial charge in [-0.1, -0.05) is 0 Å². The summed E-state index contributed by atoms with van der Waals surface area (Å²) >= 11 is 0. The van der Waals surface area contributed by atoms with Crippen molar-refractivity contribution in [3.8, 4) is 0 Å². The average Bonchev–Trinajstić information content (AvgIpc) is 2.44. The lowest BCUT2D eigenvalue weighted by atomic mass is 9.47. The fourth-order valence-electron chi connectivity index (χ4n) is 5.92. The highest BCUT2D eigenvalue weighted by Crippen LogP contribution is 2.61. The van der Waals surface area contributed by atoms with Crippen LogP contribution in [0.15, 0.2) is 23.3 Å². The van der Waals surface area contributed by atoms with Gasteiger partial charge in [0.2, 0.25) is 0 Å². The molecular formula is C17H25N3O. The monoisotopic (exact) mass is 287 g/mol. The molecule has 0 saturated heterocycles. The van der Waals surface area contributed by atoms with E-state index >= 15 is 0 Å². The van der Waals surface area contributed by atoms with E-state index in [1.54, 1.807) is 10.8 Å². The molecule has 4 saturated carbocycles. The molecule has 1 atom stereocenters. The van der Waals surface area contributed by atoms with Crippen molar-refractivity contribution in [3.63, 3.8) is 0 Å². The maximum absolute atomic E-state index is 11.9. The molecule has 0 radical (unpaired) electrons. The maximum atomic E-state index is 11.9. The third-order valence-electron chi connectivity index (χ3n) is 6.34. The van der Waals surface area contributed by atoms with Crippen molar-refractivity contribution >= 4 is 0 Å². The lowest BCUT2D eigenvalue weighted by Crippen LogP contribution is -2.57. The molecule has 4 aliphatic rings. The van der Waals surface area contributed by atoms with Crippen LogP contribution >= 0.6 is 0 Å². The average molecular weight is 287 g/mol. The smallest absolute Gasteiger partial charge is 0.315 e. The van der Waals surface area contributed by atoms with Crippen LogP contribution in [0.3, 0.4) is 0 Å². The van der Waals surface area contributed by atoms with E-state index in [0.717, 1.165) is 24.3 Å². The highest BCUT2D eigenvalue weighted by atomic mass is 16.1. The molecule has 1 aromatic heterocycles. The predicted molar refractivity (Wildman–Crippen MR) is 81.9 cm³/mol. The van der Waals surface area contributed by atoms with Gasteiger partial charge in [-0.3, -0.25) is 4.57 Å². The highest BCUT2D eigenvalue weighted by Gasteiger charge is 2.53. The van der Waals surface area contributed by atoms with Crippen molar-refractivity contribution in [3.05, 3.63) is 28.9 Å². The van der Waals surface area contributed by atoms with Gasteiger partial charge in [0.05, 0.1) is 0 Å². The number of hydrogen-bond donors (Lipinski definition) is 1. The summed E-state index contributed by atoms with van der Waals surface area (Å²) < 4.78 is 1.78. The van der Waals surface area contributed by atoms with Gasteiger partial charge in [-0.15, -0.1) is 0 Å². The number of hydrogen-bond acceptors (Lipinski definition) is 3. The zero-order valence-electron chi connectivity index (χ0n) is 12.8. The molecule has 114 valence electrons. The lowest BCUT2D eigenvalue weighted by Gasteiger charge is -2.59. The molecule has 21 heavy (non-hydrogen) atoms. The van der Waals surface area contributed by atoms with Gasteiger partial charge in [0.25, 0.3) is 0 Å². The topological polar surface area (TPSA) is 46.9 Å². The van der Waals surface area contributed by atoms with Crippen LogP contribution in [0.2, 0.25) is 0 Å². The summed E-state index contributed by atoms with van der Waals surface area (Å²) in [6.07, 6.45) is 11.9. The second-order valence-electron chi connectivity index (χ2n) is 7.68. The first-order valence-corrected chi connectivity index (χ1v) is 8.37. The zero-order chi connectivity index (χ0) is 14.4. The third kappa shape index (κ3) is 2.24. The molecule has 0 aliphatic heterocycles. The first-order valence-electron chi connectivity index (χ1n) is 8.37. The first kappa shape index (κ1) is 13.5. The SMILES string of the molecule is CNC(Cn1cccnc1=O)C12CC3CC(CC(C3)C1)C2. The Balaban J connectivity index is 1.61. The molecule has 4 heteroatoms. The lowest BCUT2D eigenvalue weighted by molar-refractivity contribution is -0.0755. The van der Waals surface area contributed by atoms with Gasteiger partial charge in [-0.25, -0.2) is 9.78 Å². The number of rotatable bonds is 4. The van der Waals surface area contributed by atoms with Crippen LogP contribution in [0.1, 0.15) is 38.5 Å². The van der Waals surface area contributed by atoms with Gasteiger partial charge in [0.1, 0.15) is 0 Å². The molecule has 5 rings (SSSR count).